The molecule has 36 heavy (non-hydrogen) atoms. The Bertz CT molecular complexity index is 1140. The number of fused-ring (bicyclic) bond motifs is 2. The maximum absolute atomic E-state index is 12.9. The zero-order valence-corrected chi connectivity index (χ0v) is 22.6. The molecule has 1 aromatic carbocycles. The number of halogens is 1. The van der Waals surface area contributed by atoms with Crippen LogP contribution >= 0.6 is 11.6 Å². The Hall–Kier alpha value is -2.66. The first-order chi connectivity index (χ1) is 17.2. The molecule has 1 unspecified atom stereocenters. The quantitative estimate of drug-likeness (QED) is 0.405. The lowest BCUT2D eigenvalue weighted by atomic mass is 9.76. The lowest BCUT2D eigenvalue weighted by Crippen LogP contribution is -2.41. The van der Waals surface area contributed by atoms with E-state index >= 15 is 0 Å². The molecule has 5 nitrogen and oxygen atoms in total. The van der Waals surface area contributed by atoms with E-state index in [-0.39, 0.29) is 23.2 Å². The second-order valence-electron chi connectivity index (χ2n) is 11.1. The fourth-order valence-electron chi connectivity index (χ4n) is 5.51. The van der Waals surface area contributed by atoms with Crippen molar-refractivity contribution >= 4 is 35.1 Å². The summed E-state index contributed by atoms with van der Waals surface area (Å²) < 4.78 is 5.18. The van der Waals surface area contributed by atoms with Crippen LogP contribution in [0.3, 0.4) is 0 Å². The van der Waals surface area contributed by atoms with Crippen LogP contribution < -0.4 is 0 Å². The van der Waals surface area contributed by atoms with Gasteiger partial charge in [-0.05, 0) is 78.0 Å². The maximum atomic E-state index is 12.9. The van der Waals surface area contributed by atoms with Gasteiger partial charge in [0, 0.05) is 43.1 Å². The van der Waals surface area contributed by atoms with Crippen molar-refractivity contribution in [2.24, 2.45) is 11.3 Å². The molecular formula is C30H37ClN2O3. The highest BCUT2D eigenvalue weighted by Crippen LogP contribution is 2.45. The predicted molar refractivity (Wildman–Crippen MR) is 145 cm³/mol. The van der Waals surface area contributed by atoms with E-state index in [9.17, 15) is 9.59 Å². The highest BCUT2D eigenvalue weighted by molar-refractivity contribution is 6.30. The fraction of sp³-hybridized carbons (Fsp3) is 0.500. The first-order valence-corrected chi connectivity index (χ1v) is 13.4. The van der Waals surface area contributed by atoms with Crippen LogP contribution in [-0.4, -0.2) is 41.5 Å². The van der Waals surface area contributed by atoms with Crippen LogP contribution in [-0.2, 0) is 14.3 Å². The summed E-state index contributed by atoms with van der Waals surface area (Å²) >= 11 is 6.43. The van der Waals surface area contributed by atoms with E-state index in [1.165, 1.54) is 5.56 Å². The third-order valence-electron chi connectivity index (χ3n) is 7.14. The Kier molecular flexibility index (Phi) is 8.19. The molecule has 2 aliphatic rings. The van der Waals surface area contributed by atoms with E-state index in [2.05, 4.69) is 39.0 Å². The largest absolute Gasteiger partial charge is 0.466 e. The smallest absolute Gasteiger partial charge is 0.306 e. The third kappa shape index (κ3) is 6.18. The van der Waals surface area contributed by atoms with Gasteiger partial charge in [0.25, 0.3) is 0 Å². The molecule has 1 aliphatic heterocycles. The van der Waals surface area contributed by atoms with Crippen molar-refractivity contribution in [3.63, 3.8) is 0 Å². The minimum atomic E-state index is -0.191. The Balaban J connectivity index is 1.65. The monoisotopic (exact) mass is 508 g/mol. The number of aromatic nitrogens is 1. The number of ether oxygens (including phenoxy) is 1. The van der Waals surface area contributed by atoms with Crippen molar-refractivity contribution in [2.75, 3.05) is 19.7 Å². The van der Waals surface area contributed by atoms with Gasteiger partial charge >= 0.3 is 5.97 Å². The number of hydrogen-bond donors (Lipinski definition) is 0. The molecule has 1 atom stereocenters. The standard InChI is InChI=1S/C30H37ClN2O3/c1-5-36-27(35)11-8-21-17-22-18-23(31)9-10-24(22)28(29-25(21)7-6-14-32-29)20-12-15-33(16-13-20)26(34)19-30(2,3)4/h6-7,9-10,14,17-18,20,28H,5,8,11-13,15-16,19H2,1-4H3. The van der Waals surface area contributed by atoms with Gasteiger partial charge in [0.1, 0.15) is 0 Å². The number of allylic oxidation sites excluding steroid dienone is 1. The van der Waals surface area contributed by atoms with Crippen LogP contribution in [0.25, 0.3) is 11.6 Å². The van der Waals surface area contributed by atoms with Gasteiger partial charge in [0.15, 0.2) is 0 Å². The van der Waals surface area contributed by atoms with Crippen LogP contribution in [0.5, 0.6) is 0 Å². The van der Waals surface area contributed by atoms with Crippen molar-refractivity contribution in [2.45, 2.75) is 65.7 Å². The van der Waals surface area contributed by atoms with E-state index in [0.29, 0.717) is 36.8 Å². The molecule has 1 amide bonds. The minimum Gasteiger partial charge on any atom is -0.466 e. The van der Waals surface area contributed by atoms with Gasteiger partial charge in [-0.25, -0.2) is 0 Å². The topological polar surface area (TPSA) is 59.5 Å². The lowest BCUT2D eigenvalue weighted by molar-refractivity contribution is -0.143. The summed E-state index contributed by atoms with van der Waals surface area (Å²) in [5, 5.41) is 0.690. The van der Waals surface area contributed by atoms with E-state index in [4.69, 9.17) is 21.3 Å². The molecule has 4 rings (SSSR count). The van der Waals surface area contributed by atoms with Gasteiger partial charge in [-0.1, -0.05) is 50.6 Å². The molecule has 1 fully saturated rings. The Morgan fingerprint density at radius 1 is 1.17 bits per heavy atom. The van der Waals surface area contributed by atoms with Crippen LogP contribution in [0.4, 0.5) is 0 Å². The summed E-state index contributed by atoms with van der Waals surface area (Å²) in [5.41, 5.74) is 5.50. The summed E-state index contributed by atoms with van der Waals surface area (Å²) in [5.74, 6) is 0.512. The van der Waals surface area contributed by atoms with E-state index in [1.54, 1.807) is 0 Å². The van der Waals surface area contributed by atoms with Crippen molar-refractivity contribution in [3.8, 4) is 0 Å². The number of likely N-dealkylation sites (tertiary alicyclic amines) is 1. The molecule has 1 aliphatic carbocycles. The third-order valence-corrected chi connectivity index (χ3v) is 7.38. The number of carbonyl (C=O) groups excluding carboxylic acids is 2. The summed E-state index contributed by atoms with van der Waals surface area (Å²) in [7, 11) is 0. The number of piperidine rings is 1. The molecule has 0 spiro atoms. The van der Waals surface area contributed by atoms with Crippen LogP contribution in [0.2, 0.25) is 5.02 Å². The number of rotatable bonds is 6. The number of hydrogen-bond acceptors (Lipinski definition) is 4. The van der Waals surface area contributed by atoms with E-state index in [0.717, 1.165) is 48.3 Å². The average Bonchev–Trinajstić information content (AvgIpc) is 2.96. The summed E-state index contributed by atoms with van der Waals surface area (Å²) in [6.45, 7) is 10.1. The highest BCUT2D eigenvalue weighted by Gasteiger charge is 2.35. The van der Waals surface area contributed by atoms with Gasteiger partial charge in [-0.2, -0.15) is 0 Å². The number of nitrogens with zero attached hydrogens (tertiary/aromatic N) is 2. The van der Waals surface area contributed by atoms with Crippen LogP contribution in [0, 0.1) is 11.3 Å². The molecule has 6 heteroatoms. The maximum Gasteiger partial charge on any atom is 0.306 e. The minimum absolute atomic E-state index is 0.0120. The predicted octanol–water partition coefficient (Wildman–Crippen LogP) is 6.74. The Morgan fingerprint density at radius 3 is 2.61 bits per heavy atom. The fourth-order valence-corrected chi connectivity index (χ4v) is 5.69. The van der Waals surface area contributed by atoms with Gasteiger partial charge < -0.3 is 9.64 Å². The number of carbonyl (C=O) groups is 2. The second kappa shape index (κ2) is 11.2. The summed E-state index contributed by atoms with van der Waals surface area (Å²) in [6.07, 6.45) is 7.35. The molecule has 0 saturated carbocycles. The first-order valence-electron chi connectivity index (χ1n) is 13.0. The number of amides is 1. The molecule has 192 valence electrons. The SMILES string of the molecule is CCOC(=O)CCC1=Cc2cc(Cl)ccc2C(C2CCN(C(=O)CC(C)(C)C)CC2)c2ncccc21. The normalized spacial score (nSPS) is 18.1. The second-order valence-corrected chi connectivity index (χ2v) is 11.6. The molecule has 1 saturated heterocycles. The molecule has 0 radical (unpaired) electrons. The average molecular weight is 509 g/mol. The zero-order chi connectivity index (χ0) is 25.9. The van der Waals surface area contributed by atoms with Gasteiger partial charge in [0.2, 0.25) is 5.91 Å². The molecule has 1 aromatic heterocycles. The summed E-state index contributed by atoms with van der Waals surface area (Å²) in [6, 6.07) is 10.2. The van der Waals surface area contributed by atoms with Crippen molar-refractivity contribution in [3.05, 3.63) is 63.9 Å². The number of esters is 1. The Labute approximate surface area is 219 Å². The molecular weight excluding hydrogens is 472 g/mol. The van der Waals surface area contributed by atoms with Crippen molar-refractivity contribution in [1.82, 2.24) is 9.88 Å². The Morgan fingerprint density at radius 2 is 1.92 bits per heavy atom. The summed E-state index contributed by atoms with van der Waals surface area (Å²) in [4.78, 5) is 31.9. The first kappa shape index (κ1) is 26.4. The molecule has 2 heterocycles. The molecule has 2 aromatic rings. The van der Waals surface area contributed by atoms with E-state index < -0.39 is 0 Å². The van der Waals surface area contributed by atoms with Gasteiger partial charge in [0.05, 0.1) is 12.3 Å². The number of pyridine rings is 1. The number of benzene rings is 1. The van der Waals surface area contributed by atoms with Crippen molar-refractivity contribution in [1.29, 1.82) is 0 Å². The zero-order valence-electron chi connectivity index (χ0n) is 21.9. The lowest BCUT2D eigenvalue weighted by Gasteiger charge is -2.37. The van der Waals surface area contributed by atoms with E-state index in [1.807, 2.05) is 36.2 Å². The highest BCUT2D eigenvalue weighted by atomic mass is 35.5. The van der Waals surface area contributed by atoms with Gasteiger partial charge in [-0.15, -0.1) is 0 Å². The molecule has 0 bridgehead atoms. The van der Waals surface area contributed by atoms with Crippen molar-refractivity contribution < 1.29 is 14.3 Å². The van der Waals surface area contributed by atoms with Gasteiger partial charge in [-0.3, -0.25) is 14.6 Å². The van der Waals surface area contributed by atoms with Crippen LogP contribution in [0.1, 0.15) is 88.1 Å². The van der Waals surface area contributed by atoms with Crippen LogP contribution in [0.15, 0.2) is 36.5 Å². The molecule has 0 N–H and O–H groups in total.